The third kappa shape index (κ3) is 4.76. The summed E-state index contributed by atoms with van der Waals surface area (Å²) in [7, 11) is 1.49. The Morgan fingerprint density at radius 1 is 1.25 bits per heavy atom. The van der Waals surface area contributed by atoms with Crippen LogP contribution in [0.15, 0.2) is 30.3 Å². The number of ether oxygens (including phenoxy) is 2. The molecule has 2 amide bonds. The topological polar surface area (TPSA) is 89.0 Å². The van der Waals surface area contributed by atoms with Crippen molar-refractivity contribution in [2.45, 2.75) is 0 Å². The van der Waals surface area contributed by atoms with Gasteiger partial charge in [-0.15, -0.1) is 0 Å². The zero-order valence-corrected chi connectivity index (χ0v) is 16.1. The van der Waals surface area contributed by atoms with Crippen molar-refractivity contribution in [3.8, 4) is 0 Å². The fourth-order valence-electron chi connectivity index (χ4n) is 2.83. The summed E-state index contributed by atoms with van der Waals surface area (Å²) in [6, 6.07) is 8.41. The molecule has 1 aliphatic heterocycles. The van der Waals surface area contributed by atoms with Crippen molar-refractivity contribution in [3.05, 3.63) is 41.0 Å². The molecule has 1 saturated heterocycles. The maximum atomic E-state index is 12.4. The fraction of sp³-hybridized carbons (Fsp3) is 0.368. The van der Waals surface area contributed by atoms with E-state index in [1.165, 1.54) is 18.0 Å². The number of benzene rings is 1. The second-order valence-corrected chi connectivity index (χ2v) is 6.72. The summed E-state index contributed by atoms with van der Waals surface area (Å²) < 4.78 is 10.3. The molecule has 2 aromatic rings. The van der Waals surface area contributed by atoms with Crippen LogP contribution in [0.2, 0.25) is 5.15 Å². The molecule has 1 aliphatic rings. The van der Waals surface area contributed by atoms with E-state index in [2.05, 4.69) is 4.98 Å². The Balaban J connectivity index is 1.58. The highest BCUT2D eigenvalue weighted by Crippen LogP contribution is 2.21. The predicted molar refractivity (Wildman–Crippen MR) is 102 cm³/mol. The molecule has 148 valence electrons. The van der Waals surface area contributed by atoms with E-state index >= 15 is 0 Å². The minimum atomic E-state index is -0.679. The third-order valence-corrected chi connectivity index (χ3v) is 4.59. The van der Waals surface area contributed by atoms with Crippen molar-refractivity contribution >= 4 is 40.3 Å². The maximum absolute atomic E-state index is 12.4. The lowest BCUT2D eigenvalue weighted by atomic mass is 10.1. The van der Waals surface area contributed by atoms with Crippen LogP contribution in [-0.2, 0) is 19.1 Å². The lowest BCUT2D eigenvalue weighted by Crippen LogP contribution is -2.46. The molecule has 0 atom stereocenters. The maximum Gasteiger partial charge on any atom is 0.339 e. The minimum Gasteiger partial charge on any atom is -0.452 e. The molecule has 0 radical (unpaired) electrons. The van der Waals surface area contributed by atoms with Gasteiger partial charge in [-0.2, -0.15) is 0 Å². The summed E-state index contributed by atoms with van der Waals surface area (Å²) in [5.74, 6) is -1.32. The van der Waals surface area contributed by atoms with Gasteiger partial charge in [-0.3, -0.25) is 9.59 Å². The molecule has 0 saturated carbocycles. The van der Waals surface area contributed by atoms with E-state index in [0.717, 1.165) is 0 Å². The normalized spacial score (nSPS) is 14.0. The van der Waals surface area contributed by atoms with Crippen molar-refractivity contribution in [2.75, 3.05) is 46.5 Å². The van der Waals surface area contributed by atoms with E-state index in [1.807, 2.05) is 0 Å². The van der Waals surface area contributed by atoms with Gasteiger partial charge in [0.25, 0.3) is 5.91 Å². The number of halogens is 1. The Morgan fingerprint density at radius 3 is 2.71 bits per heavy atom. The van der Waals surface area contributed by atoms with Crippen LogP contribution in [0.25, 0.3) is 10.9 Å². The average molecular weight is 406 g/mol. The average Bonchev–Trinajstić information content (AvgIpc) is 2.71. The van der Waals surface area contributed by atoms with Gasteiger partial charge < -0.3 is 19.3 Å². The number of likely N-dealkylation sites (N-methyl/N-ethyl adjacent to an activating group) is 1. The SMILES string of the molecule is CN(CC(=O)N1CCOCC1)C(=O)COC(=O)c1cc(Cl)nc2ccccc12. The Labute approximate surface area is 167 Å². The molecule has 28 heavy (non-hydrogen) atoms. The predicted octanol–water partition coefficient (Wildman–Crippen LogP) is 1.36. The molecular weight excluding hydrogens is 386 g/mol. The molecule has 0 bridgehead atoms. The van der Waals surface area contributed by atoms with E-state index in [1.54, 1.807) is 29.2 Å². The molecule has 3 rings (SSSR count). The van der Waals surface area contributed by atoms with Crippen LogP contribution < -0.4 is 0 Å². The molecule has 1 fully saturated rings. The summed E-state index contributed by atoms with van der Waals surface area (Å²) in [6.45, 7) is 1.44. The van der Waals surface area contributed by atoms with Crippen LogP contribution >= 0.6 is 11.6 Å². The van der Waals surface area contributed by atoms with Crippen molar-refractivity contribution < 1.29 is 23.9 Å². The van der Waals surface area contributed by atoms with Crippen LogP contribution in [-0.4, -0.2) is 79.1 Å². The number of hydrogen-bond donors (Lipinski definition) is 0. The highest BCUT2D eigenvalue weighted by atomic mass is 35.5. The number of morpholine rings is 1. The van der Waals surface area contributed by atoms with Gasteiger partial charge in [-0.05, 0) is 12.1 Å². The lowest BCUT2D eigenvalue weighted by Gasteiger charge is -2.28. The number of amides is 2. The summed E-state index contributed by atoms with van der Waals surface area (Å²) in [5, 5.41) is 0.741. The Hall–Kier alpha value is -2.71. The van der Waals surface area contributed by atoms with Gasteiger partial charge in [0.05, 0.1) is 30.8 Å². The van der Waals surface area contributed by atoms with Crippen molar-refractivity contribution in [1.29, 1.82) is 0 Å². The number of rotatable bonds is 5. The van der Waals surface area contributed by atoms with Crippen molar-refractivity contribution in [3.63, 3.8) is 0 Å². The summed E-state index contributed by atoms with van der Waals surface area (Å²) in [5.41, 5.74) is 0.789. The van der Waals surface area contributed by atoms with E-state index < -0.39 is 18.5 Å². The van der Waals surface area contributed by atoms with Crippen LogP contribution in [0.3, 0.4) is 0 Å². The molecule has 0 aliphatic carbocycles. The lowest BCUT2D eigenvalue weighted by molar-refractivity contribution is -0.143. The number of pyridine rings is 1. The molecule has 2 heterocycles. The van der Waals surface area contributed by atoms with E-state index in [4.69, 9.17) is 21.1 Å². The van der Waals surface area contributed by atoms with Gasteiger partial charge in [0.2, 0.25) is 5.91 Å². The summed E-state index contributed by atoms with van der Waals surface area (Å²) in [4.78, 5) is 43.9. The van der Waals surface area contributed by atoms with Crippen molar-refractivity contribution in [1.82, 2.24) is 14.8 Å². The molecule has 1 aromatic heterocycles. The van der Waals surface area contributed by atoms with Crippen LogP contribution in [0.4, 0.5) is 0 Å². The van der Waals surface area contributed by atoms with Crippen LogP contribution in [0.1, 0.15) is 10.4 Å². The second-order valence-electron chi connectivity index (χ2n) is 6.33. The Kier molecular flexibility index (Phi) is 6.43. The number of para-hydroxylation sites is 1. The standard InChI is InChI=1S/C19H20ClN3O5/c1-22(11-17(24)23-6-8-27-9-7-23)18(25)12-28-19(26)14-10-16(20)21-15-5-3-2-4-13(14)15/h2-5,10H,6-9,11-12H2,1H3. The first-order valence-corrected chi connectivity index (χ1v) is 9.15. The first-order valence-electron chi connectivity index (χ1n) is 8.77. The fourth-order valence-corrected chi connectivity index (χ4v) is 3.03. The van der Waals surface area contributed by atoms with Gasteiger partial charge in [-0.25, -0.2) is 9.78 Å². The largest absolute Gasteiger partial charge is 0.452 e. The monoisotopic (exact) mass is 405 g/mol. The number of fused-ring (bicyclic) bond motifs is 1. The molecule has 0 unspecified atom stereocenters. The van der Waals surface area contributed by atoms with E-state index in [9.17, 15) is 14.4 Å². The molecule has 9 heteroatoms. The zero-order valence-electron chi connectivity index (χ0n) is 15.4. The minimum absolute atomic E-state index is 0.0829. The van der Waals surface area contributed by atoms with Gasteiger partial charge in [-0.1, -0.05) is 29.8 Å². The summed E-state index contributed by atoms with van der Waals surface area (Å²) in [6.07, 6.45) is 0. The first kappa shape index (κ1) is 20.0. The smallest absolute Gasteiger partial charge is 0.339 e. The van der Waals surface area contributed by atoms with Gasteiger partial charge in [0, 0.05) is 25.5 Å². The number of carbonyl (C=O) groups excluding carboxylic acids is 3. The molecule has 0 spiro atoms. The Bertz CT molecular complexity index is 898. The third-order valence-electron chi connectivity index (χ3n) is 4.39. The zero-order chi connectivity index (χ0) is 20.1. The first-order chi connectivity index (χ1) is 13.5. The molecule has 8 nitrogen and oxygen atoms in total. The number of esters is 1. The van der Waals surface area contributed by atoms with Crippen LogP contribution in [0.5, 0.6) is 0 Å². The van der Waals surface area contributed by atoms with Crippen LogP contribution in [0, 0.1) is 0 Å². The van der Waals surface area contributed by atoms with E-state index in [0.29, 0.717) is 37.2 Å². The van der Waals surface area contributed by atoms with Gasteiger partial charge in [0.1, 0.15) is 5.15 Å². The number of aromatic nitrogens is 1. The van der Waals surface area contributed by atoms with Gasteiger partial charge >= 0.3 is 5.97 Å². The Morgan fingerprint density at radius 2 is 1.96 bits per heavy atom. The van der Waals surface area contributed by atoms with Crippen molar-refractivity contribution in [2.24, 2.45) is 0 Å². The quantitative estimate of drug-likeness (QED) is 0.551. The van der Waals surface area contributed by atoms with Gasteiger partial charge in [0.15, 0.2) is 6.61 Å². The highest BCUT2D eigenvalue weighted by Gasteiger charge is 2.22. The number of hydrogen-bond acceptors (Lipinski definition) is 6. The number of carbonyl (C=O) groups is 3. The number of nitrogens with zero attached hydrogens (tertiary/aromatic N) is 3. The highest BCUT2D eigenvalue weighted by molar-refractivity contribution is 6.30. The molecule has 0 N–H and O–H groups in total. The molecular formula is C19H20ClN3O5. The molecule has 1 aromatic carbocycles. The second kappa shape index (κ2) is 8.99. The van der Waals surface area contributed by atoms with E-state index in [-0.39, 0.29) is 23.2 Å². The summed E-state index contributed by atoms with van der Waals surface area (Å²) >= 11 is 5.97.